The molecule has 21 heavy (non-hydrogen) atoms. The van der Waals surface area contributed by atoms with E-state index in [-0.39, 0.29) is 5.91 Å². The molecule has 0 atom stereocenters. The van der Waals surface area contributed by atoms with Gasteiger partial charge in [-0.05, 0) is 29.5 Å². The molecule has 1 N–H and O–H groups in total. The number of thioether (sulfide) groups is 1. The van der Waals surface area contributed by atoms with Crippen molar-refractivity contribution in [2.45, 2.75) is 11.3 Å². The summed E-state index contributed by atoms with van der Waals surface area (Å²) >= 11 is 2.97. The molecule has 1 aromatic carbocycles. The predicted molar refractivity (Wildman–Crippen MR) is 87.0 cm³/mol. The molecule has 2 aromatic rings. The molecule has 0 fully saturated rings. The number of anilines is 1. The van der Waals surface area contributed by atoms with Crippen LogP contribution < -0.4 is 10.1 Å². The number of aromatic nitrogens is 2. The number of benzene rings is 1. The molecule has 1 aromatic heterocycles. The van der Waals surface area contributed by atoms with E-state index in [9.17, 15) is 4.79 Å². The number of nitrogens with one attached hydrogen (secondary N) is 1. The Bertz CT molecular complexity index is 623. The summed E-state index contributed by atoms with van der Waals surface area (Å²) in [6.45, 7) is 2.04. The van der Waals surface area contributed by atoms with Gasteiger partial charge in [0.25, 0.3) is 0 Å². The molecule has 0 bridgehead atoms. The molecule has 1 amide bonds. The van der Waals surface area contributed by atoms with Crippen molar-refractivity contribution in [2.75, 3.05) is 18.2 Å². The van der Waals surface area contributed by atoms with Gasteiger partial charge in [-0.3, -0.25) is 10.1 Å². The first kappa shape index (κ1) is 15.5. The molecule has 0 spiro atoms. The molecule has 0 aliphatic rings. The minimum absolute atomic E-state index is 0.227. The molecule has 7 heteroatoms. The van der Waals surface area contributed by atoms with Crippen molar-refractivity contribution in [2.24, 2.45) is 0 Å². The zero-order chi connectivity index (χ0) is 15.1. The number of amides is 1. The summed E-state index contributed by atoms with van der Waals surface area (Å²) in [6, 6.07) is 7.44. The van der Waals surface area contributed by atoms with Crippen LogP contribution >= 0.6 is 23.1 Å². The van der Waals surface area contributed by atoms with Gasteiger partial charge in [-0.2, -0.15) is 0 Å². The lowest BCUT2D eigenvalue weighted by atomic mass is 10.2. The smallest absolute Gasteiger partial charge is 0.250 e. The molecule has 0 saturated heterocycles. The zero-order valence-corrected chi connectivity index (χ0v) is 13.3. The Balaban J connectivity index is 1.91. The summed E-state index contributed by atoms with van der Waals surface area (Å²) in [5.74, 6) is 1.49. The first-order chi connectivity index (χ1) is 10.2. The largest absolute Gasteiger partial charge is 0.497 e. The molecule has 5 nitrogen and oxygen atoms in total. The van der Waals surface area contributed by atoms with Crippen molar-refractivity contribution >= 4 is 40.2 Å². The molecule has 1 heterocycles. The van der Waals surface area contributed by atoms with Crippen molar-refractivity contribution in [3.63, 3.8) is 0 Å². The lowest BCUT2D eigenvalue weighted by Crippen LogP contribution is -2.07. The highest BCUT2D eigenvalue weighted by Crippen LogP contribution is 2.24. The van der Waals surface area contributed by atoms with E-state index >= 15 is 0 Å². The Morgan fingerprint density at radius 1 is 1.38 bits per heavy atom. The van der Waals surface area contributed by atoms with Gasteiger partial charge in [0.1, 0.15) is 5.75 Å². The number of rotatable bonds is 6. The number of carbonyl (C=O) groups excluding carboxylic acids is 1. The van der Waals surface area contributed by atoms with E-state index in [1.54, 1.807) is 24.9 Å². The monoisotopic (exact) mass is 321 g/mol. The SMILES string of the molecule is CCSc1nnc(NC(=O)/C=C/c2ccc(OC)cc2)s1. The topological polar surface area (TPSA) is 64.1 Å². The maximum atomic E-state index is 11.8. The standard InChI is InChI=1S/C14H15N3O2S2/c1-3-20-14-17-16-13(21-14)15-12(18)9-6-10-4-7-11(19-2)8-5-10/h4-9H,3H2,1-2H3,(H,15,16,18)/b9-6+. The van der Waals surface area contributed by atoms with Crippen molar-refractivity contribution in [3.05, 3.63) is 35.9 Å². The second-order valence-corrected chi connectivity index (χ2v) is 6.39. The van der Waals surface area contributed by atoms with Crippen LogP contribution in [0, 0.1) is 0 Å². The third kappa shape index (κ3) is 4.87. The van der Waals surface area contributed by atoms with Crippen LogP contribution in [0.4, 0.5) is 5.13 Å². The fourth-order valence-corrected chi connectivity index (χ4v) is 3.13. The highest BCUT2D eigenvalue weighted by molar-refractivity contribution is 8.01. The fourth-order valence-electron chi connectivity index (χ4n) is 1.48. The normalized spacial score (nSPS) is 10.8. The summed E-state index contributed by atoms with van der Waals surface area (Å²) in [6.07, 6.45) is 3.20. The Kier molecular flexibility index (Phi) is 5.77. The van der Waals surface area contributed by atoms with Gasteiger partial charge in [-0.25, -0.2) is 0 Å². The van der Waals surface area contributed by atoms with Crippen LogP contribution in [0.25, 0.3) is 6.08 Å². The minimum Gasteiger partial charge on any atom is -0.497 e. The van der Waals surface area contributed by atoms with Crippen molar-refractivity contribution < 1.29 is 9.53 Å². The van der Waals surface area contributed by atoms with Gasteiger partial charge in [0.05, 0.1) is 7.11 Å². The van der Waals surface area contributed by atoms with E-state index in [1.165, 1.54) is 17.4 Å². The molecule has 0 aliphatic carbocycles. The second-order valence-electron chi connectivity index (χ2n) is 3.90. The van der Waals surface area contributed by atoms with E-state index in [1.807, 2.05) is 31.2 Å². The quantitative estimate of drug-likeness (QED) is 0.502. The molecule has 110 valence electrons. The van der Waals surface area contributed by atoms with Crippen LogP contribution in [0.1, 0.15) is 12.5 Å². The van der Waals surface area contributed by atoms with Gasteiger partial charge < -0.3 is 4.74 Å². The molecule has 0 saturated carbocycles. The van der Waals surface area contributed by atoms with Crippen LogP contribution in [0.5, 0.6) is 5.75 Å². The first-order valence-corrected chi connectivity index (χ1v) is 8.11. The predicted octanol–water partition coefficient (Wildman–Crippen LogP) is 3.31. The number of methoxy groups -OCH3 is 1. The molecular formula is C14H15N3O2S2. The molecule has 0 radical (unpaired) electrons. The number of hydrogen-bond acceptors (Lipinski definition) is 6. The van der Waals surface area contributed by atoms with Crippen LogP contribution in [-0.4, -0.2) is 29.0 Å². The van der Waals surface area contributed by atoms with Crippen molar-refractivity contribution in [1.29, 1.82) is 0 Å². The van der Waals surface area contributed by atoms with Crippen molar-refractivity contribution in [3.8, 4) is 5.75 Å². The summed E-state index contributed by atoms with van der Waals surface area (Å²) in [4.78, 5) is 11.8. The maximum absolute atomic E-state index is 11.8. The molecule has 2 rings (SSSR count). The highest BCUT2D eigenvalue weighted by atomic mass is 32.2. The number of carbonyl (C=O) groups is 1. The van der Waals surface area contributed by atoms with E-state index in [2.05, 4.69) is 15.5 Å². The Morgan fingerprint density at radius 2 is 2.14 bits per heavy atom. The maximum Gasteiger partial charge on any atom is 0.250 e. The lowest BCUT2D eigenvalue weighted by Gasteiger charge is -1.99. The number of nitrogens with zero attached hydrogens (tertiary/aromatic N) is 2. The molecular weight excluding hydrogens is 306 g/mol. The van der Waals surface area contributed by atoms with Crippen LogP contribution in [0.2, 0.25) is 0 Å². The first-order valence-electron chi connectivity index (χ1n) is 6.30. The zero-order valence-electron chi connectivity index (χ0n) is 11.7. The van der Waals surface area contributed by atoms with Crippen LogP contribution in [0.3, 0.4) is 0 Å². The van der Waals surface area contributed by atoms with Crippen LogP contribution in [-0.2, 0) is 4.79 Å². The average Bonchev–Trinajstić information content (AvgIpc) is 2.93. The van der Waals surface area contributed by atoms with Gasteiger partial charge in [0.15, 0.2) is 4.34 Å². The number of ether oxygens (including phenoxy) is 1. The van der Waals surface area contributed by atoms with Gasteiger partial charge in [-0.1, -0.05) is 42.2 Å². The van der Waals surface area contributed by atoms with Gasteiger partial charge in [0, 0.05) is 6.08 Å². The van der Waals surface area contributed by atoms with Gasteiger partial charge in [0.2, 0.25) is 11.0 Å². The summed E-state index contributed by atoms with van der Waals surface area (Å²) in [5, 5.41) is 11.1. The summed E-state index contributed by atoms with van der Waals surface area (Å²) in [5.41, 5.74) is 0.922. The molecule has 0 aliphatic heterocycles. The molecule has 0 unspecified atom stereocenters. The van der Waals surface area contributed by atoms with E-state index in [0.29, 0.717) is 5.13 Å². The second kappa shape index (κ2) is 7.80. The Labute approximate surface area is 131 Å². The average molecular weight is 321 g/mol. The summed E-state index contributed by atoms with van der Waals surface area (Å²) in [7, 11) is 1.62. The van der Waals surface area contributed by atoms with E-state index < -0.39 is 0 Å². The Hall–Kier alpha value is -1.86. The van der Waals surface area contributed by atoms with Crippen LogP contribution in [0.15, 0.2) is 34.7 Å². The Morgan fingerprint density at radius 3 is 2.81 bits per heavy atom. The van der Waals surface area contributed by atoms with Gasteiger partial charge >= 0.3 is 0 Å². The fraction of sp³-hybridized carbons (Fsp3) is 0.214. The minimum atomic E-state index is -0.227. The third-order valence-corrected chi connectivity index (χ3v) is 4.30. The van der Waals surface area contributed by atoms with Gasteiger partial charge in [-0.15, -0.1) is 10.2 Å². The number of hydrogen-bond donors (Lipinski definition) is 1. The lowest BCUT2D eigenvalue weighted by molar-refractivity contribution is -0.111. The third-order valence-electron chi connectivity index (χ3n) is 2.45. The summed E-state index contributed by atoms with van der Waals surface area (Å²) < 4.78 is 5.93. The van der Waals surface area contributed by atoms with Crippen molar-refractivity contribution in [1.82, 2.24) is 10.2 Å². The van der Waals surface area contributed by atoms with E-state index in [4.69, 9.17) is 4.74 Å². The highest BCUT2D eigenvalue weighted by Gasteiger charge is 2.05. The van der Waals surface area contributed by atoms with E-state index in [0.717, 1.165) is 21.4 Å².